The van der Waals surface area contributed by atoms with E-state index >= 15 is 0 Å². The fourth-order valence-corrected chi connectivity index (χ4v) is 3.50. The molecule has 0 unspecified atom stereocenters. The highest BCUT2D eigenvalue weighted by Gasteiger charge is 2.11. The number of hydrogen-bond donors (Lipinski definition) is 1. The molecule has 1 N–H and O–H groups in total. The number of carbonyl (C=O) groups is 1. The topological polar surface area (TPSA) is 57.4 Å². The summed E-state index contributed by atoms with van der Waals surface area (Å²) >= 11 is 0. The molecule has 2 heterocycles. The predicted molar refractivity (Wildman–Crippen MR) is 111 cm³/mol. The number of aromatic nitrogens is 2. The van der Waals surface area contributed by atoms with E-state index in [-0.39, 0.29) is 12.5 Å². The Morgan fingerprint density at radius 2 is 1.86 bits per heavy atom. The molecule has 6 heteroatoms. The molecule has 4 rings (SSSR count). The first kappa shape index (κ1) is 18.1. The standard InChI is InChI=1S/C22H23N3O3/c1-27-13-12-24-11-9-18-19(4-3-5-21(18)24)23-22(26)15-25-10-8-16-14-17(28-2)6-7-20(16)25/h3-11,14H,12-13,15H2,1-2H3,(H,23,26). The van der Waals surface area contributed by atoms with Crippen molar-refractivity contribution in [2.75, 3.05) is 26.1 Å². The number of hydrogen-bond acceptors (Lipinski definition) is 3. The van der Waals surface area contributed by atoms with Gasteiger partial charge in [-0.05, 0) is 42.5 Å². The maximum Gasteiger partial charge on any atom is 0.244 e. The molecule has 0 fully saturated rings. The predicted octanol–water partition coefficient (Wildman–Crippen LogP) is 3.89. The minimum atomic E-state index is -0.0644. The van der Waals surface area contributed by atoms with Gasteiger partial charge in [0.2, 0.25) is 5.91 Å². The zero-order valence-electron chi connectivity index (χ0n) is 16.0. The minimum absolute atomic E-state index is 0.0644. The molecule has 4 aromatic rings. The zero-order valence-corrected chi connectivity index (χ0v) is 16.0. The summed E-state index contributed by atoms with van der Waals surface area (Å²) in [5.74, 6) is 0.741. The van der Waals surface area contributed by atoms with Crippen LogP contribution in [-0.2, 0) is 22.6 Å². The average Bonchev–Trinajstić information content (AvgIpc) is 3.30. The average molecular weight is 377 g/mol. The van der Waals surface area contributed by atoms with Crippen LogP contribution in [0, 0.1) is 0 Å². The third-order valence-corrected chi connectivity index (χ3v) is 4.92. The van der Waals surface area contributed by atoms with Crippen molar-refractivity contribution in [3.63, 3.8) is 0 Å². The number of benzene rings is 2. The van der Waals surface area contributed by atoms with E-state index in [0.717, 1.165) is 39.8 Å². The summed E-state index contributed by atoms with van der Waals surface area (Å²) in [6.07, 6.45) is 3.94. The van der Waals surface area contributed by atoms with Crippen LogP contribution in [0.2, 0.25) is 0 Å². The minimum Gasteiger partial charge on any atom is -0.497 e. The summed E-state index contributed by atoms with van der Waals surface area (Å²) in [7, 11) is 3.34. The lowest BCUT2D eigenvalue weighted by Gasteiger charge is -2.10. The Hall–Kier alpha value is -3.25. The number of amides is 1. The van der Waals surface area contributed by atoms with Crippen molar-refractivity contribution < 1.29 is 14.3 Å². The lowest BCUT2D eigenvalue weighted by atomic mass is 10.2. The summed E-state index contributed by atoms with van der Waals surface area (Å²) in [6.45, 7) is 1.67. The smallest absolute Gasteiger partial charge is 0.244 e. The van der Waals surface area contributed by atoms with Gasteiger partial charge in [0.05, 0.1) is 24.9 Å². The van der Waals surface area contributed by atoms with Gasteiger partial charge in [0.1, 0.15) is 12.3 Å². The Morgan fingerprint density at radius 3 is 2.68 bits per heavy atom. The van der Waals surface area contributed by atoms with Gasteiger partial charge in [0.25, 0.3) is 0 Å². The number of rotatable bonds is 7. The van der Waals surface area contributed by atoms with Crippen molar-refractivity contribution in [1.29, 1.82) is 0 Å². The first-order chi connectivity index (χ1) is 13.7. The van der Waals surface area contributed by atoms with Crippen LogP contribution in [0.25, 0.3) is 21.8 Å². The lowest BCUT2D eigenvalue weighted by molar-refractivity contribution is -0.116. The summed E-state index contributed by atoms with van der Waals surface area (Å²) in [5, 5.41) is 5.12. The van der Waals surface area contributed by atoms with E-state index in [1.54, 1.807) is 14.2 Å². The Balaban J connectivity index is 1.53. The van der Waals surface area contributed by atoms with Crippen molar-refractivity contribution in [1.82, 2.24) is 9.13 Å². The normalized spacial score (nSPS) is 11.2. The van der Waals surface area contributed by atoms with Gasteiger partial charge in [0, 0.05) is 42.3 Å². The molecule has 0 spiro atoms. The highest BCUT2D eigenvalue weighted by Crippen LogP contribution is 2.25. The molecule has 0 aliphatic rings. The van der Waals surface area contributed by atoms with E-state index in [9.17, 15) is 4.79 Å². The Bertz CT molecular complexity index is 1130. The monoisotopic (exact) mass is 377 g/mol. The van der Waals surface area contributed by atoms with Gasteiger partial charge < -0.3 is 23.9 Å². The molecule has 0 radical (unpaired) electrons. The molecule has 0 bridgehead atoms. The van der Waals surface area contributed by atoms with Crippen LogP contribution in [0.3, 0.4) is 0 Å². The fraction of sp³-hybridized carbons (Fsp3) is 0.227. The summed E-state index contributed by atoms with van der Waals surface area (Å²) in [6, 6.07) is 15.8. The van der Waals surface area contributed by atoms with Crippen molar-refractivity contribution >= 4 is 33.4 Å². The van der Waals surface area contributed by atoms with Crippen LogP contribution in [0.5, 0.6) is 5.75 Å². The van der Waals surface area contributed by atoms with Crippen molar-refractivity contribution in [2.45, 2.75) is 13.1 Å². The molecule has 0 saturated heterocycles. The number of nitrogens with one attached hydrogen (secondary N) is 1. The van der Waals surface area contributed by atoms with E-state index in [2.05, 4.69) is 9.88 Å². The van der Waals surface area contributed by atoms with E-state index < -0.39 is 0 Å². The fourth-order valence-electron chi connectivity index (χ4n) is 3.50. The van der Waals surface area contributed by atoms with Crippen LogP contribution in [0.4, 0.5) is 5.69 Å². The van der Waals surface area contributed by atoms with Gasteiger partial charge >= 0.3 is 0 Å². The highest BCUT2D eigenvalue weighted by atomic mass is 16.5. The quantitative estimate of drug-likeness (QED) is 0.532. The van der Waals surface area contributed by atoms with Gasteiger partial charge in [-0.2, -0.15) is 0 Å². The summed E-state index contributed by atoms with van der Waals surface area (Å²) < 4.78 is 14.5. The number of nitrogens with zero attached hydrogens (tertiary/aromatic N) is 2. The third kappa shape index (κ3) is 3.46. The number of methoxy groups -OCH3 is 2. The van der Waals surface area contributed by atoms with Crippen molar-refractivity contribution in [3.05, 3.63) is 60.9 Å². The highest BCUT2D eigenvalue weighted by molar-refractivity contribution is 6.01. The number of fused-ring (bicyclic) bond motifs is 2. The maximum atomic E-state index is 12.7. The van der Waals surface area contributed by atoms with Crippen LogP contribution >= 0.6 is 0 Å². The third-order valence-electron chi connectivity index (χ3n) is 4.92. The van der Waals surface area contributed by atoms with Crippen molar-refractivity contribution in [2.24, 2.45) is 0 Å². The summed E-state index contributed by atoms with van der Waals surface area (Å²) in [4.78, 5) is 12.7. The second-order valence-electron chi connectivity index (χ2n) is 6.66. The molecular formula is C22H23N3O3. The maximum absolute atomic E-state index is 12.7. The van der Waals surface area contributed by atoms with E-state index in [1.807, 2.05) is 65.5 Å². The molecule has 28 heavy (non-hydrogen) atoms. The Kier molecular flexibility index (Phi) is 5.04. The molecule has 0 atom stereocenters. The van der Waals surface area contributed by atoms with E-state index in [0.29, 0.717) is 6.61 Å². The SMILES string of the molecule is COCCn1ccc2c(NC(=O)Cn3ccc4cc(OC)ccc43)cccc21. The van der Waals surface area contributed by atoms with Gasteiger partial charge in [-0.3, -0.25) is 4.79 Å². The number of anilines is 1. The largest absolute Gasteiger partial charge is 0.497 e. The Morgan fingerprint density at radius 1 is 1.00 bits per heavy atom. The van der Waals surface area contributed by atoms with E-state index in [1.165, 1.54) is 0 Å². The first-order valence-electron chi connectivity index (χ1n) is 9.19. The molecule has 0 saturated carbocycles. The van der Waals surface area contributed by atoms with Crippen LogP contribution in [0.1, 0.15) is 0 Å². The summed E-state index contributed by atoms with van der Waals surface area (Å²) in [5.41, 5.74) is 2.89. The first-order valence-corrected chi connectivity index (χ1v) is 9.19. The van der Waals surface area contributed by atoms with Gasteiger partial charge in [-0.15, -0.1) is 0 Å². The van der Waals surface area contributed by atoms with Gasteiger partial charge in [0.15, 0.2) is 0 Å². The molecule has 1 amide bonds. The number of carbonyl (C=O) groups excluding carboxylic acids is 1. The molecule has 0 aliphatic heterocycles. The second kappa shape index (κ2) is 7.78. The Labute approximate surface area is 163 Å². The second-order valence-corrected chi connectivity index (χ2v) is 6.66. The lowest BCUT2D eigenvalue weighted by Crippen LogP contribution is -2.18. The molecule has 2 aromatic heterocycles. The molecule has 144 valence electrons. The van der Waals surface area contributed by atoms with Crippen LogP contribution in [0.15, 0.2) is 60.9 Å². The van der Waals surface area contributed by atoms with Gasteiger partial charge in [-0.1, -0.05) is 6.07 Å². The molecule has 6 nitrogen and oxygen atoms in total. The van der Waals surface area contributed by atoms with Gasteiger partial charge in [-0.25, -0.2) is 0 Å². The van der Waals surface area contributed by atoms with E-state index in [4.69, 9.17) is 9.47 Å². The van der Waals surface area contributed by atoms with Crippen LogP contribution in [-0.4, -0.2) is 35.9 Å². The molecule has 0 aliphatic carbocycles. The molecular weight excluding hydrogens is 354 g/mol. The molecule has 2 aromatic carbocycles. The zero-order chi connectivity index (χ0) is 19.5. The number of ether oxygens (including phenoxy) is 2. The van der Waals surface area contributed by atoms with Crippen LogP contribution < -0.4 is 10.1 Å². The van der Waals surface area contributed by atoms with Crippen molar-refractivity contribution in [3.8, 4) is 5.75 Å².